The smallest absolute Gasteiger partial charge is 0.304 e. The SMILES string of the molecule is CN(CCC(=O)O)Cc1cc(=O)c(O)cn1C1CCCCCC1. The quantitative estimate of drug-likeness (QED) is 0.786. The summed E-state index contributed by atoms with van der Waals surface area (Å²) >= 11 is 0. The maximum absolute atomic E-state index is 11.8. The Morgan fingerprint density at radius 1 is 1.30 bits per heavy atom. The Morgan fingerprint density at radius 2 is 1.96 bits per heavy atom. The fourth-order valence-corrected chi connectivity index (χ4v) is 3.22. The number of carbonyl (C=O) groups is 1. The van der Waals surface area contributed by atoms with E-state index in [0.717, 1.165) is 31.4 Å². The molecule has 0 spiro atoms. The van der Waals surface area contributed by atoms with Gasteiger partial charge in [0.2, 0.25) is 5.43 Å². The molecule has 0 aromatic carbocycles. The fourth-order valence-electron chi connectivity index (χ4n) is 3.22. The van der Waals surface area contributed by atoms with Crippen LogP contribution in [-0.2, 0) is 11.3 Å². The summed E-state index contributed by atoms with van der Waals surface area (Å²) < 4.78 is 2.03. The number of pyridine rings is 1. The Labute approximate surface area is 136 Å². The highest BCUT2D eigenvalue weighted by Crippen LogP contribution is 2.29. The molecule has 1 heterocycles. The van der Waals surface area contributed by atoms with Gasteiger partial charge in [0, 0.05) is 30.9 Å². The molecule has 1 aliphatic carbocycles. The molecule has 0 unspecified atom stereocenters. The van der Waals surface area contributed by atoms with Crippen molar-refractivity contribution < 1.29 is 15.0 Å². The Hall–Kier alpha value is -1.82. The summed E-state index contributed by atoms with van der Waals surface area (Å²) in [4.78, 5) is 24.4. The first-order chi connectivity index (χ1) is 11.0. The minimum Gasteiger partial charge on any atom is -0.503 e. The monoisotopic (exact) mass is 322 g/mol. The van der Waals surface area contributed by atoms with E-state index in [1.165, 1.54) is 18.9 Å². The maximum Gasteiger partial charge on any atom is 0.304 e. The molecule has 1 fully saturated rings. The van der Waals surface area contributed by atoms with Gasteiger partial charge in [-0.15, -0.1) is 0 Å². The molecule has 23 heavy (non-hydrogen) atoms. The summed E-state index contributed by atoms with van der Waals surface area (Å²) in [5.74, 6) is -1.05. The molecular formula is C17H26N2O4. The van der Waals surface area contributed by atoms with Gasteiger partial charge in [-0.1, -0.05) is 25.7 Å². The van der Waals surface area contributed by atoms with Crippen molar-refractivity contribution in [2.45, 2.75) is 57.5 Å². The molecule has 128 valence electrons. The first-order valence-electron chi connectivity index (χ1n) is 8.31. The van der Waals surface area contributed by atoms with Gasteiger partial charge in [-0.2, -0.15) is 0 Å². The average Bonchev–Trinajstić information content (AvgIpc) is 2.77. The van der Waals surface area contributed by atoms with Crippen LogP contribution in [0.5, 0.6) is 5.75 Å². The van der Waals surface area contributed by atoms with Gasteiger partial charge in [0.05, 0.1) is 12.6 Å². The highest BCUT2D eigenvalue weighted by Gasteiger charge is 2.18. The molecule has 1 saturated carbocycles. The molecule has 6 nitrogen and oxygen atoms in total. The van der Waals surface area contributed by atoms with Crippen molar-refractivity contribution in [3.8, 4) is 5.75 Å². The van der Waals surface area contributed by atoms with E-state index >= 15 is 0 Å². The van der Waals surface area contributed by atoms with Crippen LogP contribution in [0.1, 0.15) is 56.7 Å². The van der Waals surface area contributed by atoms with Crippen LogP contribution >= 0.6 is 0 Å². The number of carboxylic acid groups (broad SMARTS) is 1. The Bertz CT molecular complexity index is 589. The summed E-state index contributed by atoms with van der Waals surface area (Å²) in [5, 5.41) is 18.6. The van der Waals surface area contributed by atoms with Crippen LogP contribution in [0.25, 0.3) is 0 Å². The summed E-state index contributed by atoms with van der Waals surface area (Å²) in [5.41, 5.74) is 0.462. The lowest BCUT2D eigenvalue weighted by atomic mass is 10.1. The summed E-state index contributed by atoms with van der Waals surface area (Å²) in [7, 11) is 1.84. The van der Waals surface area contributed by atoms with Crippen LogP contribution in [-0.4, -0.2) is 39.2 Å². The van der Waals surface area contributed by atoms with Crippen LogP contribution in [0.15, 0.2) is 17.1 Å². The Kier molecular flexibility index (Phi) is 6.21. The molecule has 1 aromatic heterocycles. The molecule has 6 heteroatoms. The van der Waals surface area contributed by atoms with Gasteiger partial charge in [-0.3, -0.25) is 9.59 Å². The van der Waals surface area contributed by atoms with Crippen LogP contribution in [0.2, 0.25) is 0 Å². The van der Waals surface area contributed by atoms with Gasteiger partial charge < -0.3 is 19.7 Å². The second-order valence-corrected chi connectivity index (χ2v) is 6.45. The Balaban J connectivity index is 2.20. The van der Waals surface area contributed by atoms with Gasteiger partial charge >= 0.3 is 5.97 Å². The minimum atomic E-state index is -0.830. The molecule has 2 rings (SSSR count). The number of rotatable bonds is 6. The number of nitrogens with zero attached hydrogens (tertiary/aromatic N) is 2. The van der Waals surface area contributed by atoms with E-state index in [1.807, 2.05) is 16.5 Å². The summed E-state index contributed by atoms with van der Waals surface area (Å²) in [6.45, 7) is 0.925. The van der Waals surface area contributed by atoms with Crippen molar-refractivity contribution >= 4 is 5.97 Å². The van der Waals surface area contributed by atoms with E-state index < -0.39 is 5.97 Å². The zero-order chi connectivity index (χ0) is 16.8. The molecule has 1 aliphatic rings. The van der Waals surface area contributed by atoms with E-state index in [9.17, 15) is 14.7 Å². The van der Waals surface area contributed by atoms with Crippen molar-refractivity contribution in [1.29, 1.82) is 0 Å². The third-order valence-electron chi connectivity index (χ3n) is 4.50. The number of carboxylic acids is 1. The number of aromatic hydroxyl groups is 1. The second-order valence-electron chi connectivity index (χ2n) is 6.45. The van der Waals surface area contributed by atoms with E-state index in [1.54, 1.807) is 6.20 Å². The number of hydrogen-bond acceptors (Lipinski definition) is 4. The summed E-state index contributed by atoms with van der Waals surface area (Å²) in [6, 6.07) is 1.78. The average molecular weight is 322 g/mol. The molecule has 0 atom stereocenters. The number of aliphatic carboxylic acids is 1. The molecule has 1 aromatic rings. The van der Waals surface area contributed by atoms with Crippen molar-refractivity contribution in [1.82, 2.24) is 9.47 Å². The summed E-state index contributed by atoms with van der Waals surface area (Å²) in [6.07, 6.45) is 8.51. The van der Waals surface area contributed by atoms with Crippen LogP contribution in [0.4, 0.5) is 0 Å². The predicted octanol–water partition coefficient (Wildman–Crippen LogP) is 2.36. The normalized spacial score (nSPS) is 16.4. The molecular weight excluding hydrogens is 296 g/mol. The third-order valence-corrected chi connectivity index (χ3v) is 4.50. The van der Waals surface area contributed by atoms with Gasteiger partial charge in [-0.05, 0) is 19.9 Å². The fraction of sp³-hybridized carbons (Fsp3) is 0.647. The lowest BCUT2D eigenvalue weighted by molar-refractivity contribution is -0.137. The number of aromatic nitrogens is 1. The van der Waals surface area contributed by atoms with Crippen molar-refractivity contribution in [3.05, 3.63) is 28.2 Å². The standard InChI is InChI=1S/C17H26N2O4/c1-18(9-8-17(22)23)11-14-10-15(20)16(21)12-19(14)13-6-4-2-3-5-7-13/h10,12-13,21H,2-9,11H2,1H3,(H,22,23). The molecule has 0 radical (unpaired) electrons. The lowest BCUT2D eigenvalue weighted by Gasteiger charge is -2.25. The van der Waals surface area contributed by atoms with Crippen molar-refractivity contribution in [2.75, 3.05) is 13.6 Å². The van der Waals surface area contributed by atoms with Crippen LogP contribution < -0.4 is 5.43 Å². The molecule has 0 saturated heterocycles. The molecule has 0 aliphatic heterocycles. The zero-order valence-corrected chi connectivity index (χ0v) is 13.7. The van der Waals surface area contributed by atoms with Gasteiger partial charge in [0.25, 0.3) is 0 Å². The first-order valence-corrected chi connectivity index (χ1v) is 8.31. The Morgan fingerprint density at radius 3 is 2.57 bits per heavy atom. The van der Waals surface area contributed by atoms with Crippen LogP contribution in [0.3, 0.4) is 0 Å². The molecule has 2 N–H and O–H groups in total. The largest absolute Gasteiger partial charge is 0.503 e. The van der Waals surface area contributed by atoms with E-state index in [4.69, 9.17) is 5.11 Å². The highest BCUT2D eigenvalue weighted by atomic mass is 16.4. The van der Waals surface area contributed by atoms with Crippen LogP contribution in [0, 0.1) is 0 Å². The van der Waals surface area contributed by atoms with E-state index in [0.29, 0.717) is 19.1 Å². The van der Waals surface area contributed by atoms with Gasteiger partial charge in [0.15, 0.2) is 5.75 Å². The molecule has 0 bridgehead atoms. The topological polar surface area (TPSA) is 82.8 Å². The zero-order valence-electron chi connectivity index (χ0n) is 13.7. The first kappa shape index (κ1) is 17.5. The van der Waals surface area contributed by atoms with Gasteiger partial charge in [-0.25, -0.2) is 0 Å². The second kappa shape index (κ2) is 8.15. The maximum atomic E-state index is 11.8. The van der Waals surface area contributed by atoms with Crippen molar-refractivity contribution in [2.24, 2.45) is 0 Å². The van der Waals surface area contributed by atoms with Gasteiger partial charge in [0.1, 0.15) is 0 Å². The third kappa shape index (κ3) is 5.10. The molecule has 0 amide bonds. The van der Waals surface area contributed by atoms with E-state index in [-0.39, 0.29) is 17.6 Å². The lowest BCUT2D eigenvalue weighted by Crippen LogP contribution is -2.26. The predicted molar refractivity (Wildman–Crippen MR) is 87.7 cm³/mol. The number of hydrogen-bond donors (Lipinski definition) is 2. The van der Waals surface area contributed by atoms with Crippen molar-refractivity contribution in [3.63, 3.8) is 0 Å². The van der Waals surface area contributed by atoms with E-state index in [2.05, 4.69) is 0 Å². The minimum absolute atomic E-state index is 0.0717. The highest BCUT2D eigenvalue weighted by molar-refractivity contribution is 5.66.